The Balaban J connectivity index is 2.45. The first-order chi connectivity index (χ1) is 8.70. The van der Waals surface area contributed by atoms with Gasteiger partial charge < -0.3 is 9.72 Å². The topological polar surface area (TPSA) is 55.0 Å². The second-order valence-electron chi connectivity index (χ2n) is 3.89. The Bertz CT molecular complexity index is 764. The molecule has 0 saturated carbocycles. The monoisotopic (exact) mass is 304 g/mol. The van der Waals surface area contributed by atoms with Gasteiger partial charge in [-0.05, 0) is 34.1 Å². The highest BCUT2D eigenvalue weighted by Crippen LogP contribution is 2.28. The molecule has 90 valence electrons. The van der Waals surface area contributed by atoms with Gasteiger partial charge in [-0.15, -0.1) is 0 Å². The van der Waals surface area contributed by atoms with Crippen LogP contribution in [0.4, 0.5) is 0 Å². The van der Waals surface area contributed by atoms with Crippen LogP contribution in [0.5, 0.6) is 0 Å². The number of esters is 1. The zero-order chi connectivity index (χ0) is 12.7. The maximum absolute atomic E-state index is 11.8. The lowest BCUT2D eigenvalue weighted by atomic mass is 10.1. The van der Waals surface area contributed by atoms with E-state index in [4.69, 9.17) is 4.74 Å². The molecule has 5 heteroatoms. The van der Waals surface area contributed by atoms with Gasteiger partial charge >= 0.3 is 5.97 Å². The van der Waals surface area contributed by atoms with Crippen molar-refractivity contribution < 1.29 is 9.53 Å². The molecule has 0 radical (unpaired) electrons. The van der Waals surface area contributed by atoms with E-state index in [1.165, 1.54) is 7.11 Å². The molecule has 0 bridgehead atoms. The molecule has 0 fully saturated rings. The molecular formula is C13H9BrN2O2. The molecule has 0 aliphatic rings. The van der Waals surface area contributed by atoms with Crippen molar-refractivity contribution in [3.05, 3.63) is 40.5 Å². The quantitative estimate of drug-likeness (QED) is 0.702. The summed E-state index contributed by atoms with van der Waals surface area (Å²) in [5, 5.41) is 0.798. The van der Waals surface area contributed by atoms with E-state index in [-0.39, 0.29) is 5.97 Å². The molecule has 2 heterocycles. The molecule has 0 saturated heterocycles. The lowest BCUT2D eigenvalue weighted by molar-refractivity contribution is 0.0603. The van der Waals surface area contributed by atoms with E-state index in [1.54, 1.807) is 12.3 Å². The second-order valence-corrected chi connectivity index (χ2v) is 4.81. The number of hydrogen-bond donors (Lipinski definition) is 1. The van der Waals surface area contributed by atoms with E-state index in [2.05, 4.69) is 25.9 Å². The maximum atomic E-state index is 11.8. The van der Waals surface area contributed by atoms with E-state index in [0.717, 1.165) is 26.4 Å². The van der Waals surface area contributed by atoms with Gasteiger partial charge in [0.15, 0.2) is 0 Å². The van der Waals surface area contributed by atoms with Gasteiger partial charge in [-0.2, -0.15) is 0 Å². The highest BCUT2D eigenvalue weighted by molar-refractivity contribution is 9.10. The number of nitrogens with zero attached hydrogens (tertiary/aromatic N) is 1. The Labute approximate surface area is 111 Å². The van der Waals surface area contributed by atoms with Crippen LogP contribution in [0.3, 0.4) is 0 Å². The summed E-state index contributed by atoms with van der Waals surface area (Å²) in [5.41, 5.74) is 3.06. The summed E-state index contributed by atoms with van der Waals surface area (Å²) in [4.78, 5) is 19.4. The van der Waals surface area contributed by atoms with Crippen LogP contribution in [-0.4, -0.2) is 23.0 Å². The maximum Gasteiger partial charge on any atom is 0.338 e. The number of methoxy groups -OCH3 is 1. The van der Waals surface area contributed by atoms with Crippen molar-refractivity contribution in [2.45, 2.75) is 0 Å². The zero-order valence-electron chi connectivity index (χ0n) is 9.53. The number of aromatic amines is 1. The molecule has 1 N–H and O–H groups in total. The zero-order valence-corrected chi connectivity index (χ0v) is 11.1. The Kier molecular flexibility index (Phi) is 2.56. The largest absolute Gasteiger partial charge is 0.465 e. The predicted octanol–water partition coefficient (Wildman–Crippen LogP) is 3.27. The number of hydrogen-bond acceptors (Lipinski definition) is 3. The molecule has 0 atom stereocenters. The standard InChI is InChI=1S/C13H9BrN2O2/c1-18-13(17)8-3-2-4-9-11(8)12-10(16-9)5-7(14)6-15-12/h2-6,16H,1H3. The molecule has 4 nitrogen and oxygen atoms in total. The number of nitrogens with one attached hydrogen (secondary N) is 1. The minimum absolute atomic E-state index is 0.355. The number of carbonyl (C=O) groups is 1. The highest BCUT2D eigenvalue weighted by atomic mass is 79.9. The Morgan fingerprint density at radius 1 is 1.39 bits per heavy atom. The van der Waals surface area contributed by atoms with E-state index < -0.39 is 0 Å². The molecule has 0 spiro atoms. The average molecular weight is 305 g/mol. The van der Waals surface area contributed by atoms with Gasteiger partial charge in [-0.25, -0.2) is 4.79 Å². The van der Waals surface area contributed by atoms with Gasteiger partial charge in [0.1, 0.15) is 0 Å². The number of ether oxygens (including phenoxy) is 1. The van der Waals surface area contributed by atoms with Crippen molar-refractivity contribution in [2.24, 2.45) is 0 Å². The Hall–Kier alpha value is -1.88. The van der Waals surface area contributed by atoms with Crippen molar-refractivity contribution in [1.29, 1.82) is 0 Å². The lowest BCUT2D eigenvalue weighted by Gasteiger charge is -2.00. The minimum Gasteiger partial charge on any atom is -0.465 e. The van der Waals surface area contributed by atoms with Gasteiger partial charge in [0.05, 0.1) is 23.7 Å². The first-order valence-electron chi connectivity index (χ1n) is 5.35. The van der Waals surface area contributed by atoms with Gasteiger partial charge in [-0.3, -0.25) is 4.98 Å². The number of carbonyl (C=O) groups excluding carboxylic acids is 1. The van der Waals surface area contributed by atoms with Crippen LogP contribution in [0.25, 0.3) is 21.9 Å². The fourth-order valence-corrected chi connectivity index (χ4v) is 2.40. The third-order valence-electron chi connectivity index (χ3n) is 2.83. The Morgan fingerprint density at radius 3 is 3.00 bits per heavy atom. The van der Waals surface area contributed by atoms with Crippen molar-refractivity contribution in [3.63, 3.8) is 0 Å². The summed E-state index contributed by atoms with van der Waals surface area (Å²) < 4.78 is 5.69. The third kappa shape index (κ3) is 1.59. The Morgan fingerprint density at radius 2 is 2.22 bits per heavy atom. The van der Waals surface area contributed by atoms with Crippen LogP contribution in [0.15, 0.2) is 34.9 Å². The normalized spacial score (nSPS) is 11.0. The first-order valence-corrected chi connectivity index (χ1v) is 6.14. The molecule has 0 aliphatic heterocycles. The summed E-state index contributed by atoms with van der Waals surface area (Å²) in [6.45, 7) is 0. The number of rotatable bonds is 1. The van der Waals surface area contributed by atoms with E-state index >= 15 is 0 Å². The molecular weight excluding hydrogens is 296 g/mol. The van der Waals surface area contributed by atoms with Gasteiger partial charge in [0.25, 0.3) is 0 Å². The number of aromatic nitrogens is 2. The third-order valence-corrected chi connectivity index (χ3v) is 3.26. The van der Waals surface area contributed by atoms with Crippen LogP contribution in [0.1, 0.15) is 10.4 Å². The molecule has 3 aromatic rings. The van der Waals surface area contributed by atoms with Crippen molar-refractivity contribution >= 4 is 43.8 Å². The van der Waals surface area contributed by atoms with Crippen LogP contribution in [0.2, 0.25) is 0 Å². The fourth-order valence-electron chi connectivity index (χ4n) is 2.07. The number of pyridine rings is 1. The van der Waals surface area contributed by atoms with Crippen LogP contribution >= 0.6 is 15.9 Å². The summed E-state index contributed by atoms with van der Waals surface area (Å²) in [7, 11) is 1.38. The van der Waals surface area contributed by atoms with Crippen LogP contribution in [-0.2, 0) is 4.74 Å². The van der Waals surface area contributed by atoms with Crippen molar-refractivity contribution in [3.8, 4) is 0 Å². The van der Waals surface area contributed by atoms with Crippen molar-refractivity contribution in [1.82, 2.24) is 9.97 Å². The van der Waals surface area contributed by atoms with Gasteiger partial charge in [-0.1, -0.05) is 6.07 Å². The summed E-state index contributed by atoms with van der Waals surface area (Å²) in [6, 6.07) is 7.41. The molecule has 2 aromatic heterocycles. The number of benzene rings is 1. The van der Waals surface area contributed by atoms with E-state index in [1.807, 2.05) is 18.2 Å². The smallest absolute Gasteiger partial charge is 0.338 e. The summed E-state index contributed by atoms with van der Waals surface area (Å²) in [6.07, 6.45) is 1.71. The molecule has 3 rings (SSSR count). The second kappa shape index (κ2) is 4.10. The summed E-state index contributed by atoms with van der Waals surface area (Å²) >= 11 is 3.38. The van der Waals surface area contributed by atoms with E-state index in [0.29, 0.717) is 5.56 Å². The molecule has 0 unspecified atom stereocenters. The molecule has 0 aliphatic carbocycles. The molecule has 0 amide bonds. The first kappa shape index (κ1) is 11.2. The highest BCUT2D eigenvalue weighted by Gasteiger charge is 2.15. The van der Waals surface area contributed by atoms with Gasteiger partial charge in [0, 0.05) is 21.6 Å². The van der Waals surface area contributed by atoms with Crippen molar-refractivity contribution in [2.75, 3.05) is 7.11 Å². The number of fused-ring (bicyclic) bond motifs is 3. The lowest BCUT2D eigenvalue weighted by Crippen LogP contribution is -2.01. The SMILES string of the molecule is COC(=O)c1cccc2[nH]c3cc(Br)cnc3c12. The molecule has 18 heavy (non-hydrogen) atoms. The van der Waals surface area contributed by atoms with E-state index in [9.17, 15) is 4.79 Å². The summed E-state index contributed by atoms with van der Waals surface area (Å²) in [5.74, 6) is -0.355. The van der Waals surface area contributed by atoms with Crippen LogP contribution in [0, 0.1) is 0 Å². The molecule has 1 aromatic carbocycles. The number of halogens is 1. The van der Waals surface area contributed by atoms with Gasteiger partial charge in [0.2, 0.25) is 0 Å². The minimum atomic E-state index is -0.355. The van der Waals surface area contributed by atoms with Crippen LogP contribution < -0.4 is 0 Å². The number of H-pyrrole nitrogens is 1. The predicted molar refractivity (Wildman–Crippen MR) is 72.6 cm³/mol. The average Bonchev–Trinajstić information content (AvgIpc) is 2.74. The fraction of sp³-hybridized carbons (Fsp3) is 0.0769.